The Morgan fingerprint density at radius 1 is 1.00 bits per heavy atom. The van der Waals surface area contributed by atoms with Crippen LogP contribution in [0.25, 0.3) is 0 Å². The van der Waals surface area contributed by atoms with Crippen molar-refractivity contribution in [3.63, 3.8) is 0 Å². The average Bonchev–Trinajstić information content (AvgIpc) is 2.93. The van der Waals surface area contributed by atoms with Crippen LogP contribution in [0.1, 0.15) is 64.2 Å². The van der Waals surface area contributed by atoms with Crippen molar-refractivity contribution in [3.8, 4) is 0 Å². The van der Waals surface area contributed by atoms with E-state index in [2.05, 4.69) is 0 Å². The molecule has 4 rings (SSSR count). The summed E-state index contributed by atoms with van der Waals surface area (Å²) in [6.45, 7) is 2.83. The Labute approximate surface area is 180 Å². The number of amides is 1. The van der Waals surface area contributed by atoms with Gasteiger partial charge in [0.05, 0.1) is 5.56 Å². The van der Waals surface area contributed by atoms with Gasteiger partial charge in [-0.15, -0.1) is 0 Å². The number of Topliss-reactive ketones (excluding diaryl/α,β-unsaturated/α-hetero) is 1. The monoisotopic (exact) mass is 429 g/mol. The van der Waals surface area contributed by atoms with Crippen molar-refractivity contribution in [1.82, 2.24) is 4.90 Å². The van der Waals surface area contributed by atoms with E-state index in [4.69, 9.17) is 0 Å². The molecule has 0 N–H and O–H groups in total. The van der Waals surface area contributed by atoms with Crippen LogP contribution in [0.15, 0.2) is 42.5 Å². The number of fused-ring (bicyclic) bond motifs is 1. The summed E-state index contributed by atoms with van der Waals surface area (Å²) in [4.78, 5) is 27.6. The maximum absolute atomic E-state index is 13.4. The van der Waals surface area contributed by atoms with Crippen LogP contribution < -0.4 is 0 Å². The van der Waals surface area contributed by atoms with E-state index < -0.39 is 11.7 Å². The summed E-state index contributed by atoms with van der Waals surface area (Å²) in [5, 5.41) is 0. The van der Waals surface area contributed by atoms with E-state index in [1.807, 2.05) is 25.1 Å². The van der Waals surface area contributed by atoms with Crippen molar-refractivity contribution >= 4 is 11.7 Å². The summed E-state index contributed by atoms with van der Waals surface area (Å²) in [6, 6.07) is 11.4. The third-order valence-corrected chi connectivity index (χ3v) is 6.75. The fourth-order valence-electron chi connectivity index (χ4n) is 5.04. The number of ketones is 1. The lowest BCUT2D eigenvalue weighted by molar-refractivity contribution is -0.139. The van der Waals surface area contributed by atoms with Gasteiger partial charge in [-0.05, 0) is 61.3 Å². The Morgan fingerprint density at radius 3 is 2.42 bits per heavy atom. The Balaban J connectivity index is 1.43. The minimum atomic E-state index is -4.38. The van der Waals surface area contributed by atoms with Crippen LogP contribution in [0.5, 0.6) is 0 Å². The predicted molar refractivity (Wildman–Crippen MR) is 112 cm³/mol. The number of aryl methyl sites for hydroxylation is 1. The smallest absolute Gasteiger partial charge is 0.342 e. The molecule has 1 atom stereocenters. The van der Waals surface area contributed by atoms with Gasteiger partial charge in [0.25, 0.3) is 0 Å². The quantitative estimate of drug-likeness (QED) is 0.587. The fraction of sp³-hybridized carbons (Fsp3) is 0.440. The number of carbonyl (C=O) groups excluding carboxylic acids is 2. The van der Waals surface area contributed by atoms with Crippen LogP contribution in [-0.2, 0) is 17.4 Å². The van der Waals surface area contributed by atoms with Gasteiger partial charge in [-0.1, -0.05) is 36.4 Å². The Morgan fingerprint density at radius 2 is 1.71 bits per heavy atom. The first-order valence-electron chi connectivity index (χ1n) is 10.8. The molecule has 31 heavy (non-hydrogen) atoms. The molecule has 1 amide bonds. The number of rotatable bonds is 2. The van der Waals surface area contributed by atoms with Crippen molar-refractivity contribution < 1.29 is 22.8 Å². The summed E-state index contributed by atoms with van der Waals surface area (Å²) in [7, 11) is 0. The number of carbonyl (C=O) groups is 2. The Bertz CT molecular complexity index is 991. The summed E-state index contributed by atoms with van der Waals surface area (Å²) in [5.41, 5.74) is 2.56. The second-order valence-corrected chi connectivity index (χ2v) is 8.65. The van der Waals surface area contributed by atoms with Crippen molar-refractivity contribution in [2.24, 2.45) is 5.92 Å². The maximum atomic E-state index is 13.4. The van der Waals surface area contributed by atoms with Gasteiger partial charge < -0.3 is 4.90 Å². The summed E-state index contributed by atoms with van der Waals surface area (Å²) < 4.78 is 40.1. The lowest BCUT2D eigenvalue weighted by Crippen LogP contribution is -2.42. The Hall–Kier alpha value is -2.63. The second-order valence-electron chi connectivity index (χ2n) is 8.65. The molecule has 2 aromatic rings. The summed E-state index contributed by atoms with van der Waals surface area (Å²) >= 11 is 0. The number of nitrogens with zero attached hydrogens (tertiary/aromatic N) is 1. The molecule has 164 valence electrons. The molecule has 1 unspecified atom stereocenters. The van der Waals surface area contributed by atoms with Gasteiger partial charge in [0.15, 0.2) is 5.78 Å². The van der Waals surface area contributed by atoms with Gasteiger partial charge in [-0.3, -0.25) is 9.59 Å². The molecule has 1 saturated heterocycles. The highest BCUT2D eigenvalue weighted by atomic mass is 19.4. The zero-order valence-corrected chi connectivity index (χ0v) is 17.5. The molecule has 1 heterocycles. The van der Waals surface area contributed by atoms with Crippen LogP contribution in [0.4, 0.5) is 13.2 Å². The molecular formula is C25H26F3NO2. The van der Waals surface area contributed by atoms with Gasteiger partial charge >= 0.3 is 6.18 Å². The minimum absolute atomic E-state index is 0.00328. The average molecular weight is 429 g/mol. The number of piperidine rings is 1. The molecule has 1 aliphatic carbocycles. The molecule has 2 aliphatic rings. The van der Waals surface area contributed by atoms with Crippen molar-refractivity contribution in [3.05, 3.63) is 70.3 Å². The van der Waals surface area contributed by atoms with Crippen LogP contribution in [0, 0.1) is 12.8 Å². The lowest BCUT2D eigenvalue weighted by Gasteiger charge is -2.35. The highest BCUT2D eigenvalue weighted by molar-refractivity contribution is 6.00. The van der Waals surface area contributed by atoms with Crippen LogP contribution >= 0.6 is 0 Å². The van der Waals surface area contributed by atoms with E-state index >= 15 is 0 Å². The molecule has 3 nitrogen and oxygen atoms in total. The molecule has 0 saturated carbocycles. The van der Waals surface area contributed by atoms with E-state index in [9.17, 15) is 22.8 Å². The van der Waals surface area contributed by atoms with Crippen molar-refractivity contribution in [2.45, 2.75) is 51.1 Å². The highest BCUT2D eigenvalue weighted by Crippen LogP contribution is 2.39. The molecule has 6 heteroatoms. The minimum Gasteiger partial charge on any atom is -0.342 e. The number of alkyl halides is 3. The van der Waals surface area contributed by atoms with Gasteiger partial charge in [0.1, 0.15) is 0 Å². The third-order valence-electron chi connectivity index (χ3n) is 6.75. The normalized spacial score (nSPS) is 20.3. The van der Waals surface area contributed by atoms with Gasteiger partial charge in [-0.25, -0.2) is 0 Å². The number of likely N-dealkylation sites (tertiary alicyclic amines) is 1. The lowest BCUT2D eigenvalue weighted by atomic mass is 9.85. The van der Waals surface area contributed by atoms with Crippen molar-refractivity contribution in [1.29, 1.82) is 0 Å². The molecule has 0 bridgehead atoms. The van der Waals surface area contributed by atoms with Crippen LogP contribution in [0.3, 0.4) is 0 Å². The standard InChI is InChI=1S/C25H26F3NO2/c1-16-5-4-7-21-19(16)10-9-18(15-23(21)30)24(31)29-13-11-17(12-14-29)20-6-2-3-8-22(20)25(26,27)28/h2-8,17-18H,9-15H2,1H3. The largest absolute Gasteiger partial charge is 0.416 e. The van der Waals surface area contributed by atoms with Gasteiger partial charge in [0.2, 0.25) is 5.91 Å². The number of halogens is 3. The number of hydrogen-bond acceptors (Lipinski definition) is 2. The van der Waals surface area contributed by atoms with E-state index in [0.717, 1.165) is 22.8 Å². The van der Waals surface area contributed by atoms with E-state index in [1.54, 1.807) is 17.0 Å². The second kappa shape index (κ2) is 8.48. The van der Waals surface area contributed by atoms with E-state index in [0.29, 0.717) is 44.3 Å². The van der Waals surface area contributed by atoms with Crippen LogP contribution in [0.2, 0.25) is 0 Å². The molecule has 0 spiro atoms. The molecule has 0 aromatic heterocycles. The third kappa shape index (κ3) is 4.39. The fourth-order valence-corrected chi connectivity index (χ4v) is 5.04. The highest BCUT2D eigenvalue weighted by Gasteiger charge is 2.37. The van der Waals surface area contributed by atoms with E-state index in [-0.39, 0.29) is 29.9 Å². The van der Waals surface area contributed by atoms with Gasteiger partial charge in [0, 0.05) is 31.0 Å². The molecular weight excluding hydrogens is 403 g/mol. The SMILES string of the molecule is Cc1cccc2c1CCC(C(=O)N1CCC(c3ccccc3C(F)(F)F)CC1)CC2=O. The molecule has 1 aliphatic heterocycles. The van der Waals surface area contributed by atoms with E-state index in [1.165, 1.54) is 6.07 Å². The summed E-state index contributed by atoms with van der Waals surface area (Å²) in [6.07, 6.45) is -1.86. The zero-order valence-electron chi connectivity index (χ0n) is 17.5. The topological polar surface area (TPSA) is 37.4 Å². The first-order valence-corrected chi connectivity index (χ1v) is 10.8. The zero-order chi connectivity index (χ0) is 22.2. The van der Waals surface area contributed by atoms with Gasteiger partial charge in [-0.2, -0.15) is 13.2 Å². The number of benzene rings is 2. The Kier molecular flexibility index (Phi) is 5.91. The first kappa shape index (κ1) is 21.6. The maximum Gasteiger partial charge on any atom is 0.416 e. The number of hydrogen-bond donors (Lipinski definition) is 0. The summed E-state index contributed by atoms with van der Waals surface area (Å²) in [5.74, 6) is -0.618. The van der Waals surface area contributed by atoms with Crippen molar-refractivity contribution in [2.75, 3.05) is 13.1 Å². The van der Waals surface area contributed by atoms with Crippen LogP contribution in [-0.4, -0.2) is 29.7 Å². The molecule has 0 radical (unpaired) electrons. The molecule has 2 aromatic carbocycles. The molecule has 1 fully saturated rings. The first-order chi connectivity index (χ1) is 14.8. The predicted octanol–water partition coefficient (Wildman–Crippen LogP) is 5.56.